The van der Waals surface area contributed by atoms with E-state index < -0.39 is 5.97 Å². The summed E-state index contributed by atoms with van der Waals surface area (Å²) in [6.07, 6.45) is 4.07. The predicted octanol–water partition coefficient (Wildman–Crippen LogP) is 0.779. The Hall–Kier alpha value is -0.650. The van der Waals surface area contributed by atoms with Crippen molar-refractivity contribution in [2.45, 2.75) is 43.7 Å². The molecule has 0 aliphatic carbocycles. The van der Waals surface area contributed by atoms with Gasteiger partial charge in [0.15, 0.2) is 0 Å². The van der Waals surface area contributed by atoms with Crippen molar-refractivity contribution in [1.29, 1.82) is 0 Å². The highest BCUT2D eigenvalue weighted by Gasteiger charge is 2.38. The highest BCUT2D eigenvalue weighted by Crippen LogP contribution is 2.34. The van der Waals surface area contributed by atoms with E-state index in [0.717, 1.165) is 45.5 Å². The van der Waals surface area contributed by atoms with E-state index in [9.17, 15) is 4.79 Å². The van der Waals surface area contributed by atoms with Crippen LogP contribution in [0, 0.1) is 0 Å². The first-order valence-corrected chi connectivity index (χ1v) is 6.37. The highest BCUT2D eigenvalue weighted by molar-refractivity contribution is 5.66. The lowest BCUT2D eigenvalue weighted by molar-refractivity contribution is -0.141. The van der Waals surface area contributed by atoms with E-state index in [4.69, 9.17) is 14.6 Å². The number of nitrogens with one attached hydrogen (secondary N) is 1. The van der Waals surface area contributed by atoms with Crippen molar-refractivity contribution in [3.05, 3.63) is 0 Å². The van der Waals surface area contributed by atoms with Gasteiger partial charge in [-0.15, -0.1) is 0 Å². The Kier molecular flexibility index (Phi) is 4.36. The summed E-state index contributed by atoms with van der Waals surface area (Å²) in [4.78, 5) is 10.5. The lowest BCUT2D eigenvalue weighted by atomic mass is 9.84. The molecule has 0 aromatic rings. The fourth-order valence-corrected chi connectivity index (χ4v) is 2.68. The molecular formula is C12H21NO4. The van der Waals surface area contributed by atoms with Crippen molar-refractivity contribution >= 4 is 5.97 Å². The molecule has 1 unspecified atom stereocenters. The Morgan fingerprint density at radius 1 is 1.35 bits per heavy atom. The topological polar surface area (TPSA) is 67.8 Å². The summed E-state index contributed by atoms with van der Waals surface area (Å²) in [6, 6.07) is 0.390. The molecule has 5 heteroatoms. The quantitative estimate of drug-likeness (QED) is 0.763. The standard InChI is InChI=1S/C12H21NO4/c14-11(15)1-5-13-10-2-6-17-12(9-10)3-7-16-8-4-12/h10,13H,1-9H2,(H,14,15). The van der Waals surface area contributed by atoms with Crippen molar-refractivity contribution < 1.29 is 19.4 Å². The average molecular weight is 243 g/mol. The molecule has 17 heavy (non-hydrogen) atoms. The zero-order chi connectivity index (χ0) is 12.1. The number of aliphatic carboxylic acids is 1. The van der Waals surface area contributed by atoms with Crippen LogP contribution in [0.1, 0.15) is 32.1 Å². The second-order valence-electron chi connectivity index (χ2n) is 4.93. The molecule has 1 spiro atoms. The van der Waals surface area contributed by atoms with Crippen LogP contribution >= 0.6 is 0 Å². The van der Waals surface area contributed by atoms with Gasteiger partial charge in [0.1, 0.15) is 0 Å². The van der Waals surface area contributed by atoms with Gasteiger partial charge in [0, 0.05) is 32.4 Å². The molecule has 0 amide bonds. The van der Waals surface area contributed by atoms with Crippen LogP contribution in [-0.2, 0) is 14.3 Å². The first kappa shape index (κ1) is 12.8. The number of hydrogen-bond donors (Lipinski definition) is 2. The van der Waals surface area contributed by atoms with Crippen LogP contribution < -0.4 is 5.32 Å². The second kappa shape index (κ2) is 5.80. The minimum absolute atomic E-state index is 0.0165. The third kappa shape index (κ3) is 3.66. The fourth-order valence-electron chi connectivity index (χ4n) is 2.68. The first-order chi connectivity index (χ1) is 8.20. The molecular weight excluding hydrogens is 222 g/mol. The van der Waals surface area contributed by atoms with Crippen molar-refractivity contribution in [3.63, 3.8) is 0 Å². The molecule has 98 valence electrons. The van der Waals surface area contributed by atoms with E-state index in [1.54, 1.807) is 0 Å². The normalized spacial score (nSPS) is 28.1. The highest BCUT2D eigenvalue weighted by atomic mass is 16.5. The molecule has 0 aromatic carbocycles. The summed E-state index contributed by atoms with van der Waals surface area (Å²) in [6.45, 7) is 2.88. The van der Waals surface area contributed by atoms with Crippen molar-refractivity contribution in [1.82, 2.24) is 5.32 Å². The Morgan fingerprint density at radius 2 is 2.12 bits per heavy atom. The largest absolute Gasteiger partial charge is 0.481 e. The lowest BCUT2D eigenvalue weighted by Gasteiger charge is -2.43. The number of carboxylic acids is 1. The van der Waals surface area contributed by atoms with Gasteiger partial charge < -0.3 is 19.9 Å². The van der Waals surface area contributed by atoms with E-state index in [1.807, 2.05) is 0 Å². The Labute approximate surface area is 101 Å². The second-order valence-corrected chi connectivity index (χ2v) is 4.93. The SMILES string of the molecule is O=C(O)CCNC1CCOC2(CCOCC2)C1. The summed E-state index contributed by atoms with van der Waals surface area (Å²) in [5.41, 5.74) is -0.0165. The van der Waals surface area contributed by atoms with Gasteiger partial charge in [-0.05, 0) is 25.7 Å². The fraction of sp³-hybridized carbons (Fsp3) is 0.917. The van der Waals surface area contributed by atoms with Gasteiger partial charge in [-0.25, -0.2) is 0 Å². The average Bonchev–Trinajstić information content (AvgIpc) is 2.29. The monoisotopic (exact) mass is 243 g/mol. The van der Waals surface area contributed by atoms with Gasteiger partial charge in [-0.2, -0.15) is 0 Å². The summed E-state index contributed by atoms with van der Waals surface area (Å²) < 4.78 is 11.3. The first-order valence-electron chi connectivity index (χ1n) is 6.37. The summed E-state index contributed by atoms with van der Waals surface area (Å²) in [5, 5.41) is 11.9. The minimum atomic E-state index is -0.745. The van der Waals surface area contributed by atoms with Gasteiger partial charge in [-0.3, -0.25) is 4.79 Å². The van der Waals surface area contributed by atoms with Gasteiger partial charge in [0.05, 0.1) is 12.0 Å². The molecule has 2 rings (SSSR count). The van der Waals surface area contributed by atoms with E-state index in [0.29, 0.717) is 12.6 Å². The van der Waals surface area contributed by atoms with Crippen LogP contribution in [0.25, 0.3) is 0 Å². The van der Waals surface area contributed by atoms with Crippen LogP contribution in [-0.4, -0.2) is 49.1 Å². The third-order valence-corrected chi connectivity index (χ3v) is 3.67. The molecule has 0 bridgehead atoms. The van der Waals surface area contributed by atoms with Crippen LogP contribution in [0.15, 0.2) is 0 Å². The molecule has 2 heterocycles. The summed E-state index contributed by atoms with van der Waals surface area (Å²) in [5.74, 6) is -0.745. The Morgan fingerprint density at radius 3 is 2.82 bits per heavy atom. The smallest absolute Gasteiger partial charge is 0.304 e. The molecule has 2 aliphatic heterocycles. The lowest BCUT2D eigenvalue weighted by Crippen LogP contribution is -2.50. The number of rotatable bonds is 4. The van der Waals surface area contributed by atoms with Crippen LogP contribution in [0.5, 0.6) is 0 Å². The maximum absolute atomic E-state index is 10.5. The van der Waals surface area contributed by atoms with Gasteiger partial charge >= 0.3 is 5.97 Å². The van der Waals surface area contributed by atoms with Crippen LogP contribution in [0.2, 0.25) is 0 Å². The molecule has 2 fully saturated rings. The number of carbonyl (C=O) groups is 1. The number of carboxylic acid groups (broad SMARTS) is 1. The van der Waals surface area contributed by atoms with E-state index in [1.165, 1.54) is 0 Å². The summed E-state index contributed by atoms with van der Waals surface area (Å²) in [7, 11) is 0. The molecule has 0 saturated carbocycles. The van der Waals surface area contributed by atoms with E-state index >= 15 is 0 Å². The molecule has 1 atom stereocenters. The van der Waals surface area contributed by atoms with Gasteiger partial charge in [-0.1, -0.05) is 0 Å². The number of ether oxygens (including phenoxy) is 2. The molecule has 2 saturated heterocycles. The number of hydrogen-bond acceptors (Lipinski definition) is 4. The van der Waals surface area contributed by atoms with E-state index in [-0.39, 0.29) is 12.0 Å². The molecule has 0 aromatic heterocycles. The molecule has 0 radical (unpaired) electrons. The molecule has 2 N–H and O–H groups in total. The zero-order valence-corrected chi connectivity index (χ0v) is 10.1. The van der Waals surface area contributed by atoms with Gasteiger partial charge in [0.25, 0.3) is 0 Å². The Bertz CT molecular complexity index is 258. The Balaban J connectivity index is 1.77. The maximum atomic E-state index is 10.5. The summed E-state index contributed by atoms with van der Waals surface area (Å²) >= 11 is 0. The van der Waals surface area contributed by atoms with E-state index in [2.05, 4.69) is 5.32 Å². The maximum Gasteiger partial charge on any atom is 0.304 e. The molecule has 5 nitrogen and oxygen atoms in total. The minimum Gasteiger partial charge on any atom is -0.481 e. The molecule has 2 aliphatic rings. The third-order valence-electron chi connectivity index (χ3n) is 3.67. The van der Waals surface area contributed by atoms with Crippen LogP contribution in [0.4, 0.5) is 0 Å². The van der Waals surface area contributed by atoms with Crippen molar-refractivity contribution in [2.24, 2.45) is 0 Å². The van der Waals surface area contributed by atoms with Gasteiger partial charge in [0.2, 0.25) is 0 Å². The van der Waals surface area contributed by atoms with Crippen LogP contribution in [0.3, 0.4) is 0 Å². The van der Waals surface area contributed by atoms with Crippen molar-refractivity contribution in [3.8, 4) is 0 Å². The van der Waals surface area contributed by atoms with Crippen molar-refractivity contribution in [2.75, 3.05) is 26.4 Å². The predicted molar refractivity (Wildman–Crippen MR) is 62.0 cm³/mol. The zero-order valence-electron chi connectivity index (χ0n) is 10.1.